The van der Waals surface area contributed by atoms with Crippen molar-refractivity contribution in [2.24, 2.45) is 0 Å². The Morgan fingerprint density at radius 1 is 1.56 bits per heavy atom. The summed E-state index contributed by atoms with van der Waals surface area (Å²) in [5, 5.41) is 14.7. The smallest absolute Gasteiger partial charge is 0.326 e. The lowest BCUT2D eigenvalue weighted by Crippen LogP contribution is -2.55. The number of nitrogens with one attached hydrogen (secondary N) is 2. The van der Waals surface area contributed by atoms with Gasteiger partial charge in [0.2, 0.25) is 5.91 Å². The highest BCUT2D eigenvalue weighted by Gasteiger charge is 2.37. The fraction of sp³-hybridized carbons (Fsp3) is 0.818. The largest absolute Gasteiger partial charge is 0.480 e. The number of hydrogen-bond acceptors (Lipinski definition) is 3. The van der Waals surface area contributed by atoms with Crippen LogP contribution in [0.3, 0.4) is 0 Å². The fourth-order valence-electron chi connectivity index (χ4n) is 1.95. The van der Waals surface area contributed by atoms with Gasteiger partial charge in [0, 0.05) is 0 Å². The van der Waals surface area contributed by atoms with E-state index in [1.54, 1.807) is 0 Å². The molecule has 0 aliphatic carbocycles. The van der Waals surface area contributed by atoms with Gasteiger partial charge >= 0.3 is 5.97 Å². The Bertz CT molecular complexity index is 272. The van der Waals surface area contributed by atoms with Gasteiger partial charge in [-0.1, -0.05) is 13.3 Å². The molecule has 5 heteroatoms. The minimum absolute atomic E-state index is 0.203. The van der Waals surface area contributed by atoms with Gasteiger partial charge in [0.05, 0.1) is 5.54 Å². The summed E-state index contributed by atoms with van der Waals surface area (Å²) in [4.78, 5) is 22.8. The van der Waals surface area contributed by atoms with Gasteiger partial charge in [-0.3, -0.25) is 4.79 Å². The second-order valence-corrected chi connectivity index (χ2v) is 4.52. The van der Waals surface area contributed by atoms with E-state index in [1.165, 1.54) is 0 Å². The number of carbonyl (C=O) groups excluding carboxylic acids is 1. The van der Waals surface area contributed by atoms with Crippen LogP contribution in [0.15, 0.2) is 0 Å². The highest BCUT2D eigenvalue weighted by molar-refractivity contribution is 5.90. The molecule has 1 aliphatic heterocycles. The Hall–Kier alpha value is -1.10. The van der Waals surface area contributed by atoms with Crippen LogP contribution in [-0.2, 0) is 9.59 Å². The Morgan fingerprint density at radius 3 is 2.69 bits per heavy atom. The molecule has 92 valence electrons. The van der Waals surface area contributed by atoms with Gasteiger partial charge in [-0.15, -0.1) is 0 Å². The van der Waals surface area contributed by atoms with Crippen LogP contribution in [0.1, 0.15) is 39.5 Å². The minimum Gasteiger partial charge on any atom is -0.480 e. The van der Waals surface area contributed by atoms with Crippen molar-refractivity contribution < 1.29 is 14.7 Å². The Morgan fingerprint density at radius 2 is 2.25 bits per heavy atom. The van der Waals surface area contributed by atoms with Crippen LogP contribution in [0.4, 0.5) is 0 Å². The molecule has 3 N–H and O–H groups in total. The molecule has 1 rings (SSSR count). The molecule has 5 nitrogen and oxygen atoms in total. The summed E-state index contributed by atoms with van der Waals surface area (Å²) in [6.07, 6.45) is 2.92. The Kier molecular flexibility index (Phi) is 4.29. The van der Waals surface area contributed by atoms with Crippen LogP contribution in [0.25, 0.3) is 0 Å². The van der Waals surface area contributed by atoms with Crippen molar-refractivity contribution in [2.45, 2.75) is 51.1 Å². The van der Waals surface area contributed by atoms with Crippen LogP contribution in [-0.4, -0.2) is 35.1 Å². The van der Waals surface area contributed by atoms with Gasteiger partial charge in [0.25, 0.3) is 0 Å². The fourth-order valence-corrected chi connectivity index (χ4v) is 1.95. The van der Waals surface area contributed by atoms with Crippen molar-refractivity contribution in [1.82, 2.24) is 10.6 Å². The van der Waals surface area contributed by atoms with E-state index in [1.807, 2.05) is 13.8 Å². The summed E-state index contributed by atoms with van der Waals surface area (Å²) >= 11 is 0. The third-order valence-electron chi connectivity index (χ3n) is 3.05. The van der Waals surface area contributed by atoms with Crippen molar-refractivity contribution >= 4 is 11.9 Å². The van der Waals surface area contributed by atoms with E-state index in [0.29, 0.717) is 6.42 Å². The number of carboxylic acid groups (broad SMARTS) is 1. The van der Waals surface area contributed by atoms with Crippen LogP contribution in [0.5, 0.6) is 0 Å². The molecule has 0 aromatic heterocycles. The van der Waals surface area contributed by atoms with E-state index in [9.17, 15) is 9.59 Å². The van der Waals surface area contributed by atoms with Gasteiger partial charge in [-0.25, -0.2) is 4.79 Å². The average molecular weight is 228 g/mol. The van der Waals surface area contributed by atoms with E-state index in [4.69, 9.17) is 5.11 Å². The van der Waals surface area contributed by atoms with Crippen molar-refractivity contribution in [1.29, 1.82) is 0 Å². The summed E-state index contributed by atoms with van der Waals surface area (Å²) < 4.78 is 0. The predicted octanol–water partition coefficient (Wildman–Crippen LogP) is 0.498. The van der Waals surface area contributed by atoms with Crippen LogP contribution >= 0.6 is 0 Å². The summed E-state index contributed by atoms with van der Waals surface area (Å²) in [7, 11) is 0. The molecule has 0 radical (unpaired) electrons. The number of carboxylic acids is 1. The Labute approximate surface area is 95.6 Å². The number of amides is 1. The monoisotopic (exact) mass is 228 g/mol. The molecule has 1 unspecified atom stereocenters. The van der Waals surface area contributed by atoms with E-state index in [2.05, 4.69) is 10.6 Å². The zero-order valence-corrected chi connectivity index (χ0v) is 9.88. The topological polar surface area (TPSA) is 78.4 Å². The molecule has 0 bridgehead atoms. The molecule has 0 saturated carbocycles. The quantitative estimate of drug-likeness (QED) is 0.640. The van der Waals surface area contributed by atoms with Crippen molar-refractivity contribution in [2.75, 3.05) is 6.54 Å². The summed E-state index contributed by atoms with van der Waals surface area (Å²) in [5.41, 5.74) is -0.596. The van der Waals surface area contributed by atoms with Crippen molar-refractivity contribution in [3.63, 3.8) is 0 Å². The lowest BCUT2D eigenvalue weighted by atomic mass is 9.98. The third-order valence-corrected chi connectivity index (χ3v) is 3.05. The minimum atomic E-state index is -0.961. The molecule has 0 spiro atoms. The van der Waals surface area contributed by atoms with E-state index < -0.39 is 17.6 Å². The molecular formula is C11H20N2O3. The number of rotatable bonds is 5. The molecular weight excluding hydrogens is 208 g/mol. The second-order valence-electron chi connectivity index (χ2n) is 4.52. The summed E-state index contributed by atoms with van der Waals surface area (Å²) in [5.74, 6) is -1.16. The highest BCUT2D eigenvalue weighted by Crippen LogP contribution is 2.18. The van der Waals surface area contributed by atoms with E-state index in [0.717, 1.165) is 25.8 Å². The lowest BCUT2D eigenvalue weighted by Gasteiger charge is -2.25. The molecule has 2 atom stereocenters. The number of carbonyl (C=O) groups is 2. The van der Waals surface area contributed by atoms with Gasteiger partial charge in [0.1, 0.15) is 6.04 Å². The second kappa shape index (κ2) is 5.30. The van der Waals surface area contributed by atoms with Gasteiger partial charge in [-0.2, -0.15) is 0 Å². The standard InChI is InChI=1S/C11H20N2O3/c1-3-5-8(9(14)15)13-10(16)11(2)6-4-7-12-11/h8,12H,3-7H2,1-2H3,(H,13,16)(H,14,15)/t8-,11?/m0/s1. The van der Waals surface area contributed by atoms with E-state index >= 15 is 0 Å². The average Bonchev–Trinajstić information content (AvgIpc) is 2.65. The maximum Gasteiger partial charge on any atom is 0.326 e. The normalized spacial score (nSPS) is 26.4. The molecule has 0 aromatic rings. The molecule has 1 amide bonds. The first-order valence-corrected chi connectivity index (χ1v) is 5.78. The SMILES string of the molecule is CCC[C@H](NC(=O)C1(C)CCCN1)C(=O)O. The van der Waals surface area contributed by atoms with Gasteiger partial charge in [-0.05, 0) is 32.7 Å². The first kappa shape index (κ1) is 13.0. The summed E-state index contributed by atoms with van der Waals surface area (Å²) in [6, 6.07) is -0.767. The van der Waals surface area contributed by atoms with E-state index in [-0.39, 0.29) is 5.91 Å². The maximum absolute atomic E-state index is 11.9. The van der Waals surface area contributed by atoms with Gasteiger partial charge in [0.15, 0.2) is 0 Å². The maximum atomic E-state index is 11.9. The molecule has 1 saturated heterocycles. The Balaban J connectivity index is 2.57. The first-order valence-electron chi connectivity index (χ1n) is 5.78. The summed E-state index contributed by atoms with van der Waals surface area (Å²) in [6.45, 7) is 4.53. The zero-order valence-electron chi connectivity index (χ0n) is 9.88. The molecule has 1 fully saturated rings. The third kappa shape index (κ3) is 2.95. The van der Waals surface area contributed by atoms with Crippen LogP contribution in [0, 0.1) is 0 Å². The van der Waals surface area contributed by atoms with Crippen LogP contribution in [0.2, 0.25) is 0 Å². The first-order chi connectivity index (χ1) is 7.49. The lowest BCUT2D eigenvalue weighted by molar-refractivity contribution is -0.143. The van der Waals surface area contributed by atoms with Gasteiger partial charge < -0.3 is 15.7 Å². The number of aliphatic carboxylic acids is 1. The van der Waals surface area contributed by atoms with Crippen molar-refractivity contribution in [3.05, 3.63) is 0 Å². The zero-order chi connectivity index (χ0) is 12.2. The van der Waals surface area contributed by atoms with Crippen molar-refractivity contribution in [3.8, 4) is 0 Å². The molecule has 0 aromatic carbocycles. The predicted molar refractivity (Wildman–Crippen MR) is 60.1 cm³/mol. The number of hydrogen-bond donors (Lipinski definition) is 3. The van der Waals surface area contributed by atoms with Crippen LogP contribution < -0.4 is 10.6 Å². The molecule has 16 heavy (non-hydrogen) atoms. The molecule has 1 aliphatic rings. The molecule has 1 heterocycles. The highest BCUT2D eigenvalue weighted by atomic mass is 16.4.